The van der Waals surface area contributed by atoms with Crippen molar-refractivity contribution in [1.29, 1.82) is 0 Å². The average Bonchev–Trinajstić information content (AvgIpc) is 2.83. The molecule has 1 amide bonds. The molecule has 4 atom stereocenters. The van der Waals surface area contributed by atoms with Crippen LogP contribution in [0.1, 0.15) is 53.4 Å². The molecule has 2 saturated carbocycles. The number of sulfonamides is 1. The van der Waals surface area contributed by atoms with Gasteiger partial charge in [-0.25, -0.2) is 12.7 Å². The Kier molecular flexibility index (Phi) is 3.60. The van der Waals surface area contributed by atoms with E-state index in [0.29, 0.717) is 5.92 Å². The summed E-state index contributed by atoms with van der Waals surface area (Å²) in [4.78, 5) is 23.6. The summed E-state index contributed by atoms with van der Waals surface area (Å²) < 4.78 is 31.5. The van der Waals surface area contributed by atoms with Crippen LogP contribution in [-0.4, -0.2) is 42.5 Å². The Morgan fingerprint density at radius 1 is 1.35 bits per heavy atom. The lowest BCUT2D eigenvalue weighted by Crippen LogP contribution is -2.45. The van der Waals surface area contributed by atoms with E-state index in [1.165, 1.54) is 6.92 Å². The zero-order valence-electron chi connectivity index (χ0n) is 14.2. The number of hydrogen-bond donors (Lipinski definition) is 0. The summed E-state index contributed by atoms with van der Waals surface area (Å²) in [6.45, 7) is 7.19. The summed E-state index contributed by atoms with van der Waals surface area (Å²) in [6.07, 6.45) is 1.98. The van der Waals surface area contributed by atoms with Crippen LogP contribution in [0.4, 0.5) is 0 Å². The highest BCUT2D eigenvalue weighted by Gasteiger charge is 2.72. The zero-order valence-corrected chi connectivity index (χ0v) is 15.0. The van der Waals surface area contributed by atoms with E-state index in [9.17, 15) is 18.0 Å². The van der Waals surface area contributed by atoms with Crippen molar-refractivity contribution in [3.05, 3.63) is 0 Å². The molecule has 0 aromatic carbocycles. The molecule has 1 spiro atoms. The van der Waals surface area contributed by atoms with Crippen LogP contribution in [-0.2, 0) is 24.3 Å². The van der Waals surface area contributed by atoms with Gasteiger partial charge in [0.2, 0.25) is 15.9 Å². The first-order valence-corrected chi connectivity index (χ1v) is 9.84. The van der Waals surface area contributed by atoms with Crippen molar-refractivity contribution < 1.29 is 22.7 Å². The molecule has 3 fully saturated rings. The molecule has 0 radical (unpaired) electrons. The van der Waals surface area contributed by atoms with Crippen LogP contribution >= 0.6 is 0 Å². The molecule has 1 saturated heterocycles. The highest BCUT2D eigenvalue weighted by Crippen LogP contribution is 2.70. The quantitative estimate of drug-likeness (QED) is 0.575. The van der Waals surface area contributed by atoms with E-state index in [2.05, 4.69) is 13.8 Å². The molecule has 1 unspecified atom stereocenters. The Morgan fingerprint density at radius 3 is 2.57 bits per heavy atom. The first-order valence-electron chi connectivity index (χ1n) is 8.23. The fourth-order valence-corrected chi connectivity index (χ4v) is 7.84. The second-order valence-electron chi connectivity index (χ2n) is 7.93. The Hall–Kier alpha value is -1.11. The van der Waals surface area contributed by atoms with Crippen molar-refractivity contribution in [2.24, 2.45) is 16.7 Å². The summed E-state index contributed by atoms with van der Waals surface area (Å²) in [5, 5.41) is 0. The number of carbonyl (C=O) groups excluding carboxylic acids is 2. The normalized spacial score (nSPS) is 37.5. The molecule has 6 nitrogen and oxygen atoms in total. The molecule has 0 aromatic heterocycles. The Balaban J connectivity index is 1.86. The Morgan fingerprint density at radius 2 is 2.00 bits per heavy atom. The zero-order chi connectivity index (χ0) is 17.2. The maximum Gasteiger partial charge on any atom is 0.302 e. The summed E-state index contributed by atoms with van der Waals surface area (Å²) in [5.41, 5.74) is -0.363. The second-order valence-corrected chi connectivity index (χ2v) is 9.78. The SMILES string of the molecule is CC(=O)OC(C)C[13C](=O)N1[C@@H]2C[C@H]3CC[C@]2(CS1(=O)=O)C3(C)C. The highest BCUT2D eigenvalue weighted by molar-refractivity contribution is 7.90. The van der Waals surface area contributed by atoms with Gasteiger partial charge in [-0.15, -0.1) is 0 Å². The van der Waals surface area contributed by atoms with Crippen LogP contribution in [0.2, 0.25) is 0 Å². The number of nitrogens with zero attached hydrogens (tertiary/aromatic N) is 1. The second kappa shape index (κ2) is 4.94. The third-order valence-corrected chi connectivity index (χ3v) is 8.42. The summed E-state index contributed by atoms with van der Waals surface area (Å²) in [5.74, 6) is -0.359. The number of hydrogen-bond acceptors (Lipinski definition) is 5. The van der Waals surface area contributed by atoms with Gasteiger partial charge in [-0.3, -0.25) is 9.59 Å². The predicted molar refractivity (Wildman–Crippen MR) is 83.8 cm³/mol. The van der Waals surface area contributed by atoms with E-state index in [4.69, 9.17) is 4.74 Å². The summed E-state index contributed by atoms with van der Waals surface area (Å²) >= 11 is 0. The lowest BCUT2D eigenvalue weighted by atomic mass is 9.69. The first-order chi connectivity index (χ1) is 10.5. The molecule has 1 heterocycles. The standard InChI is InChI=1S/C16H25NO5S/c1-10(22-11(2)18)7-14(19)17-13-8-12-5-6-16(13,15(12,3)4)9-23(17,20)21/h10,12-13H,5-9H2,1-4H3/t10?,12-,13-,16-/m1/s1/i14+1. The number of esters is 1. The molecular weight excluding hydrogens is 319 g/mol. The van der Waals surface area contributed by atoms with Crippen molar-refractivity contribution in [2.45, 2.75) is 65.5 Å². The van der Waals surface area contributed by atoms with Crippen molar-refractivity contribution >= 4 is 21.9 Å². The molecule has 3 rings (SSSR count). The van der Waals surface area contributed by atoms with Gasteiger partial charge in [-0.05, 0) is 37.5 Å². The number of fused-ring (bicyclic) bond motifs is 1. The molecule has 130 valence electrons. The van der Waals surface area contributed by atoms with Gasteiger partial charge >= 0.3 is 5.97 Å². The van der Waals surface area contributed by atoms with Gasteiger partial charge in [0.05, 0.1) is 18.2 Å². The molecule has 0 aromatic rings. The topological polar surface area (TPSA) is 80.8 Å². The predicted octanol–water partition coefficient (Wildman–Crippen LogP) is 1.70. The molecule has 7 heteroatoms. The lowest BCUT2D eigenvalue weighted by Gasteiger charge is -2.37. The highest BCUT2D eigenvalue weighted by atomic mass is 32.2. The van der Waals surface area contributed by atoms with E-state index in [-0.39, 0.29) is 29.0 Å². The molecule has 2 bridgehead atoms. The van der Waals surface area contributed by atoms with Crippen LogP contribution in [0.5, 0.6) is 0 Å². The van der Waals surface area contributed by atoms with Crippen LogP contribution < -0.4 is 0 Å². The van der Waals surface area contributed by atoms with Crippen molar-refractivity contribution in [3.63, 3.8) is 0 Å². The monoisotopic (exact) mass is 344 g/mol. The van der Waals surface area contributed by atoms with Crippen LogP contribution in [0.25, 0.3) is 0 Å². The van der Waals surface area contributed by atoms with E-state index in [1.807, 2.05) is 0 Å². The van der Waals surface area contributed by atoms with Gasteiger partial charge in [0.25, 0.3) is 0 Å². The van der Waals surface area contributed by atoms with E-state index in [0.717, 1.165) is 23.6 Å². The largest absolute Gasteiger partial charge is 0.462 e. The number of rotatable bonds is 3. The maximum absolute atomic E-state index is 12.7. The summed E-state index contributed by atoms with van der Waals surface area (Å²) in [7, 11) is -3.59. The minimum atomic E-state index is -3.59. The van der Waals surface area contributed by atoms with Crippen LogP contribution in [0.15, 0.2) is 0 Å². The minimum Gasteiger partial charge on any atom is -0.462 e. The van der Waals surface area contributed by atoms with E-state index < -0.39 is 28.0 Å². The fraction of sp³-hybridized carbons (Fsp3) is 0.875. The smallest absolute Gasteiger partial charge is 0.302 e. The van der Waals surface area contributed by atoms with E-state index in [1.54, 1.807) is 6.92 Å². The van der Waals surface area contributed by atoms with Gasteiger partial charge < -0.3 is 4.74 Å². The van der Waals surface area contributed by atoms with Gasteiger partial charge in [0.1, 0.15) is 6.10 Å². The number of ether oxygens (including phenoxy) is 1. The molecule has 2 aliphatic carbocycles. The summed E-state index contributed by atoms with van der Waals surface area (Å²) in [6, 6.07) is -0.224. The fourth-order valence-electron chi connectivity index (χ4n) is 5.28. The number of amides is 1. The Bertz CT molecular complexity index is 655. The van der Waals surface area contributed by atoms with Gasteiger partial charge in [0, 0.05) is 12.3 Å². The van der Waals surface area contributed by atoms with Gasteiger partial charge in [-0.1, -0.05) is 13.8 Å². The minimum absolute atomic E-state index is 0.0543. The number of carbonyl (C=O) groups is 2. The third-order valence-electron chi connectivity index (χ3n) is 6.49. The van der Waals surface area contributed by atoms with Gasteiger partial charge in [-0.2, -0.15) is 0 Å². The molecule has 23 heavy (non-hydrogen) atoms. The van der Waals surface area contributed by atoms with Crippen molar-refractivity contribution in [2.75, 3.05) is 5.75 Å². The molecular formula is C16H25NO5S. The first kappa shape index (κ1) is 16.7. The van der Waals surface area contributed by atoms with Crippen molar-refractivity contribution in [3.8, 4) is 0 Å². The third kappa shape index (κ3) is 2.22. The van der Waals surface area contributed by atoms with Crippen molar-refractivity contribution in [1.82, 2.24) is 4.31 Å². The Labute approximate surface area is 137 Å². The molecule has 0 N–H and O–H groups in total. The van der Waals surface area contributed by atoms with E-state index >= 15 is 0 Å². The van der Waals surface area contributed by atoms with Crippen LogP contribution in [0.3, 0.4) is 0 Å². The van der Waals surface area contributed by atoms with Crippen LogP contribution in [0, 0.1) is 16.7 Å². The average molecular weight is 344 g/mol. The molecule has 3 aliphatic rings. The maximum atomic E-state index is 12.7. The van der Waals surface area contributed by atoms with Gasteiger partial charge in [0.15, 0.2) is 0 Å². The molecule has 1 aliphatic heterocycles. The lowest BCUT2D eigenvalue weighted by molar-refractivity contribution is -0.147.